The maximum atomic E-state index is 9.71. The number of aliphatic hydroxyl groups excluding tert-OH is 1. The van der Waals surface area contributed by atoms with Crippen LogP contribution in [0.15, 0.2) is 21.2 Å². The molecule has 0 amide bonds. The number of aliphatic hydroxyl groups is 1. The average Bonchev–Trinajstić information content (AvgIpc) is 2.59. The van der Waals surface area contributed by atoms with Crippen LogP contribution in [0.5, 0.6) is 0 Å². The van der Waals surface area contributed by atoms with E-state index >= 15 is 0 Å². The zero-order valence-electron chi connectivity index (χ0n) is 8.20. The molecule has 1 heterocycles. The third-order valence-electron chi connectivity index (χ3n) is 1.92. The van der Waals surface area contributed by atoms with Crippen LogP contribution in [0.3, 0.4) is 0 Å². The van der Waals surface area contributed by atoms with Crippen molar-refractivity contribution in [2.24, 2.45) is 0 Å². The summed E-state index contributed by atoms with van der Waals surface area (Å²) in [7, 11) is 0. The van der Waals surface area contributed by atoms with E-state index in [9.17, 15) is 5.11 Å². The normalized spacial score (nSPS) is 13.1. The molecule has 0 fully saturated rings. The first kappa shape index (κ1) is 11.8. The minimum atomic E-state index is -0.542. The molecule has 0 aliphatic heterocycles. The Morgan fingerprint density at radius 2 is 2.43 bits per heavy atom. The molecular formula is C10H15BrO3. The lowest BCUT2D eigenvalue weighted by Gasteiger charge is -2.07. The number of furan rings is 1. The number of rotatable bonds is 6. The highest BCUT2D eigenvalue weighted by atomic mass is 79.9. The zero-order chi connectivity index (χ0) is 10.4. The number of hydrogen-bond acceptors (Lipinski definition) is 3. The van der Waals surface area contributed by atoms with Gasteiger partial charge in [-0.05, 0) is 41.8 Å². The van der Waals surface area contributed by atoms with Crippen LogP contribution < -0.4 is 0 Å². The molecule has 0 spiro atoms. The fraction of sp³-hybridized carbons (Fsp3) is 0.600. The summed E-state index contributed by atoms with van der Waals surface area (Å²) in [6.45, 7) is 3.37. The van der Waals surface area contributed by atoms with Crippen molar-refractivity contribution in [3.05, 3.63) is 22.6 Å². The van der Waals surface area contributed by atoms with E-state index in [0.29, 0.717) is 18.8 Å². The van der Waals surface area contributed by atoms with E-state index in [4.69, 9.17) is 9.15 Å². The van der Waals surface area contributed by atoms with E-state index in [0.717, 1.165) is 17.5 Å². The number of halogens is 1. The SMILES string of the molecule is CCOCCCC(O)c1occc1Br. The largest absolute Gasteiger partial charge is 0.465 e. The van der Waals surface area contributed by atoms with Gasteiger partial charge in [-0.3, -0.25) is 0 Å². The maximum absolute atomic E-state index is 9.71. The average molecular weight is 263 g/mol. The van der Waals surface area contributed by atoms with Crippen LogP contribution in [-0.4, -0.2) is 18.3 Å². The van der Waals surface area contributed by atoms with Gasteiger partial charge in [-0.25, -0.2) is 0 Å². The van der Waals surface area contributed by atoms with Gasteiger partial charge in [0.2, 0.25) is 0 Å². The van der Waals surface area contributed by atoms with E-state index < -0.39 is 6.10 Å². The minimum absolute atomic E-state index is 0.542. The molecule has 1 aromatic rings. The van der Waals surface area contributed by atoms with Crippen molar-refractivity contribution in [1.29, 1.82) is 0 Å². The summed E-state index contributed by atoms with van der Waals surface area (Å²) in [5.41, 5.74) is 0. The lowest BCUT2D eigenvalue weighted by Crippen LogP contribution is -2.00. The minimum Gasteiger partial charge on any atom is -0.465 e. The van der Waals surface area contributed by atoms with E-state index in [2.05, 4.69) is 15.9 Å². The van der Waals surface area contributed by atoms with E-state index in [1.165, 1.54) is 0 Å². The fourth-order valence-electron chi connectivity index (χ4n) is 1.20. The Hall–Kier alpha value is -0.320. The van der Waals surface area contributed by atoms with Gasteiger partial charge in [0.15, 0.2) is 0 Å². The van der Waals surface area contributed by atoms with Crippen LogP contribution in [0.2, 0.25) is 0 Å². The highest BCUT2D eigenvalue weighted by molar-refractivity contribution is 9.10. The Balaban J connectivity index is 2.28. The van der Waals surface area contributed by atoms with Gasteiger partial charge in [-0.1, -0.05) is 0 Å². The second-order valence-corrected chi connectivity index (χ2v) is 3.84. The smallest absolute Gasteiger partial charge is 0.146 e. The first-order chi connectivity index (χ1) is 6.75. The summed E-state index contributed by atoms with van der Waals surface area (Å²) in [6, 6.07) is 1.78. The molecule has 0 saturated carbocycles. The van der Waals surface area contributed by atoms with Gasteiger partial charge in [-0.15, -0.1) is 0 Å². The summed E-state index contributed by atoms with van der Waals surface area (Å²) < 4.78 is 11.1. The van der Waals surface area contributed by atoms with E-state index in [1.54, 1.807) is 12.3 Å². The molecule has 0 saturated heterocycles. The summed E-state index contributed by atoms with van der Waals surface area (Å²) in [4.78, 5) is 0. The van der Waals surface area contributed by atoms with E-state index in [-0.39, 0.29) is 0 Å². The molecule has 0 radical (unpaired) electrons. The second kappa shape index (κ2) is 6.22. The molecule has 14 heavy (non-hydrogen) atoms. The van der Waals surface area contributed by atoms with Crippen LogP contribution in [0, 0.1) is 0 Å². The molecule has 0 aliphatic carbocycles. The van der Waals surface area contributed by atoms with Crippen molar-refractivity contribution in [2.75, 3.05) is 13.2 Å². The third kappa shape index (κ3) is 3.44. The summed E-state index contributed by atoms with van der Waals surface area (Å²) in [5.74, 6) is 0.599. The molecule has 1 unspecified atom stereocenters. The van der Waals surface area contributed by atoms with Gasteiger partial charge < -0.3 is 14.3 Å². The fourth-order valence-corrected chi connectivity index (χ4v) is 1.66. The molecule has 3 nitrogen and oxygen atoms in total. The molecule has 80 valence electrons. The highest BCUT2D eigenvalue weighted by Crippen LogP contribution is 2.27. The Morgan fingerprint density at radius 1 is 1.64 bits per heavy atom. The second-order valence-electron chi connectivity index (χ2n) is 2.99. The van der Waals surface area contributed by atoms with Gasteiger partial charge in [-0.2, -0.15) is 0 Å². The van der Waals surface area contributed by atoms with Crippen molar-refractivity contribution in [2.45, 2.75) is 25.9 Å². The number of ether oxygens (including phenoxy) is 1. The van der Waals surface area contributed by atoms with Gasteiger partial charge in [0.05, 0.1) is 10.7 Å². The summed E-state index contributed by atoms with van der Waals surface area (Å²) >= 11 is 3.30. The van der Waals surface area contributed by atoms with Crippen molar-refractivity contribution < 1.29 is 14.3 Å². The van der Waals surface area contributed by atoms with Crippen molar-refractivity contribution in [1.82, 2.24) is 0 Å². The van der Waals surface area contributed by atoms with E-state index in [1.807, 2.05) is 6.92 Å². The summed E-state index contributed by atoms with van der Waals surface area (Å²) in [6.07, 6.45) is 2.51. The number of hydrogen-bond donors (Lipinski definition) is 1. The summed E-state index contributed by atoms with van der Waals surface area (Å²) in [5, 5.41) is 9.71. The molecule has 1 atom stereocenters. The molecule has 1 aromatic heterocycles. The van der Waals surface area contributed by atoms with Crippen LogP contribution in [0.25, 0.3) is 0 Å². The molecule has 1 rings (SSSR count). The topological polar surface area (TPSA) is 42.6 Å². The quantitative estimate of drug-likeness (QED) is 0.802. The molecule has 4 heteroatoms. The van der Waals surface area contributed by atoms with Gasteiger partial charge >= 0.3 is 0 Å². The standard InChI is InChI=1S/C10H15BrO3/c1-2-13-6-3-4-9(12)10-8(11)5-7-14-10/h5,7,9,12H,2-4,6H2,1H3. The maximum Gasteiger partial charge on any atom is 0.146 e. The Morgan fingerprint density at radius 3 is 3.00 bits per heavy atom. The Kier molecular flexibility index (Phi) is 5.22. The highest BCUT2D eigenvalue weighted by Gasteiger charge is 2.13. The molecule has 0 bridgehead atoms. The van der Waals surface area contributed by atoms with Crippen LogP contribution in [0.4, 0.5) is 0 Å². The van der Waals surface area contributed by atoms with Gasteiger partial charge in [0, 0.05) is 13.2 Å². The third-order valence-corrected chi connectivity index (χ3v) is 2.57. The van der Waals surface area contributed by atoms with Crippen LogP contribution >= 0.6 is 15.9 Å². The molecule has 0 aliphatic rings. The monoisotopic (exact) mass is 262 g/mol. The van der Waals surface area contributed by atoms with Crippen molar-refractivity contribution in [3.63, 3.8) is 0 Å². The Labute approximate surface area is 92.2 Å². The van der Waals surface area contributed by atoms with Gasteiger partial charge in [0.25, 0.3) is 0 Å². The first-order valence-corrected chi connectivity index (χ1v) is 5.53. The lowest BCUT2D eigenvalue weighted by molar-refractivity contribution is 0.103. The van der Waals surface area contributed by atoms with Crippen molar-refractivity contribution in [3.8, 4) is 0 Å². The Bertz CT molecular complexity index is 260. The predicted octanol–water partition coefficient (Wildman–Crippen LogP) is 2.89. The van der Waals surface area contributed by atoms with Crippen LogP contribution in [0.1, 0.15) is 31.6 Å². The zero-order valence-corrected chi connectivity index (χ0v) is 9.79. The lowest BCUT2D eigenvalue weighted by atomic mass is 10.1. The van der Waals surface area contributed by atoms with Gasteiger partial charge in [0.1, 0.15) is 11.9 Å². The van der Waals surface area contributed by atoms with Crippen molar-refractivity contribution >= 4 is 15.9 Å². The molecule has 0 aromatic carbocycles. The molecular weight excluding hydrogens is 248 g/mol. The van der Waals surface area contributed by atoms with Crippen LogP contribution in [-0.2, 0) is 4.74 Å². The first-order valence-electron chi connectivity index (χ1n) is 4.74. The molecule has 1 N–H and O–H groups in total. The predicted molar refractivity (Wildman–Crippen MR) is 57.1 cm³/mol.